The van der Waals surface area contributed by atoms with E-state index in [1.165, 1.54) is 5.56 Å². The van der Waals surface area contributed by atoms with E-state index in [1.807, 2.05) is 35.0 Å². The summed E-state index contributed by atoms with van der Waals surface area (Å²) in [6, 6.07) is 10.3. The van der Waals surface area contributed by atoms with Gasteiger partial charge in [-0.2, -0.15) is 0 Å². The summed E-state index contributed by atoms with van der Waals surface area (Å²) in [5.41, 5.74) is 2.29. The van der Waals surface area contributed by atoms with Gasteiger partial charge in [-0.3, -0.25) is 4.40 Å². The number of hydrogen-bond acceptors (Lipinski definition) is 2. The summed E-state index contributed by atoms with van der Waals surface area (Å²) in [7, 11) is 0. The standard InChI is InChI=1S/C13H10BrN3/c14-11-7-15-13-16-12(9-17(13)8-11)6-10-4-2-1-3-5-10/h1-5,7-9H,6H2. The summed E-state index contributed by atoms with van der Waals surface area (Å²) in [4.78, 5) is 8.73. The number of aromatic nitrogens is 3. The first-order valence-electron chi connectivity index (χ1n) is 5.34. The molecule has 0 aliphatic carbocycles. The zero-order chi connectivity index (χ0) is 11.7. The molecule has 3 aromatic rings. The summed E-state index contributed by atoms with van der Waals surface area (Å²) >= 11 is 3.40. The molecule has 84 valence electrons. The molecule has 0 spiro atoms. The molecule has 2 aromatic heterocycles. The largest absolute Gasteiger partial charge is 0.290 e. The molecular formula is C13H10BrN3. The molecule has 0 fully saturated rings. The molecule has 4 heteroatoms. The molecule has 0 saturated heterocycles. The number of halogens is 1. The van der Waals surface area contributed by atoms with Gasteiger partial charge in [0.15, 0.2) is 0 Å². The molecule has 0 unspecified atom stereocenters. The van der Waals surface area contributed by atoms with Crippen LogP contribution in [0.4, 0.5) is 0 Å². The Labute approximate surface area is 107 Å². The van der Waals surface area contributed by atoms with Gasteiger partial charge in [0.05, 0.1) is 10.2 Å². The number of hydrogen-bond donors (Lipinski definition) is 0. The number of imidazole rings is 1. The van der Waals surface area contributed by atoms with Crippen molar-refractivity contribution in [3.05, 3.63) is 64.7 Å². The third-order valence-electron chi connectivity index (χ3n) is 2.56. The van der Waals surface area contributed by atoms with Crippen molar-refractivity contribution in [1.82, 2.24) is 14.4 Å². The number of benzene rings is 1. The van der Waals surface area contributed by atoms with Gasteiger partial charge >= 0.3 is 0 Å². The van der Waals surface area contributed by atoms with Gasteiger partial charge in [0.1, 0.15) is 0 Å². The Balaban J connectivity index is 1.96. The lowest BCUT2D eigenvalue weighted by Gasteiger charge is -1.95. The van der Waals surface area contributed by atoms with Gasteiger partial charge in [0.2, 0.25) is 5.78 Å². The van der Waals surface area contributed by atoms with Crippen LogP contribution in [0.25, 0.3) is 5.78 Å². The quantitative estimate of drug-likeness (QED) is 0.725. The topological polar surface area (TPSA) is 30.2 Å². The molecular weight excluding hydrogens is 278 g/mol. The molecule has 3 nitrogen and oxygen atoms in total. The third-order valence-corrected chi connectivity index (χ3v) is 2.97. The zero-order valence-corrected chi connectivity index (χ0v) is 10.6. The molecule has 0 saturated carbocycles. The molecule has 2 heterocycles. The molecule has 0 bridgehead atoms. The molecule has 0 aliphatic rings. The Kier molecular flexibility index (Phi) is 2.65. The number of fused-ring (bicyclic) bond motifs is 1. The lowest BCUT2D eigenvalue weighted by molar-refractivity contribution is 1.10. The molecule has 0 amide bonds. The van der Waals surface area contributed by atoms with E-state index < -0.39 is 0 Å². The van der Waals surface area contributed by atoms with Crippen LogP contribution in [0.15, 0.2) is 53.4 Å². The normalized spacial score (nSPS) is 10.9. The molecule has 0 radical (unpaired) electrons. The van der Waals surface area contributed by atoms with Crippen molar-refractivity contribution in [1.29, 1.82) is 0 Å². The smallest absolute Gasteiger partial charge is 0.233 e. The highest BCUT2D eigenvalue weighted by Crippen LogP contribution is 2.12. The summed E-state index contributed by atoms with van der Waals surface area (Å²) in [6.45, 7) is 0. The molecule has 0 N–H and O–H groups in total. The van der Waals surface area contributed by atoms with Gasteiger partial charge in [-0.15, -0.1) is 0 Å². The summed E-state index contributed by atoms with van der Waals surface area (Å²) in [6.07, 6.45) is 6.57. The van der Waals surface area contributed by atoms with E-state index in [0.717, 1.165) is 22.4 Å². The summed E-state index contributed by atoms with van der Waals surface area (Å²) in [5.74, 6) is 0.735. The zero-order valence-electron chi connectivity index (χ0n) is 9.05. The SMILES string of the molecule is Brc1cnc2nc(Cc3ccccc3)cn2c1. The second-order valence-corrected chi connectivity index (χ2v) is 4.79. The fraction of sp³-hybridized carbons (Fsp3) is 0.0769. The van der Waals surface area contributed by atoms with Gasteiger partial charge in [-0.25, -0.2) is 9.97 Å². The summed E-state index contributed by atoms with van der Waals surface area (Å²) < 4.78 is 2.89. The molecule has 3 rings (SSSR count). The van der Waals surface area contributed by atoms with Crippen molar-refractivity contribution in [3.8, 4) is 0 Å². The van der Waals surface area contributed by atoms with E-state index in [-0.39, 0.29) is 0 Å². The first-order valence-corrected chi connectivity index (χ1v) is 6.13. The van der Waals surface area contributed by atoms with Crippen molar-refractivity contribution in [2.45, 2.75) is 6.42 Å². The highest BCUT2D eigenvalue weighted by Gasteiger charge is 2.03. The summed E-state index contributed by atoms with van der Waals surface area (Å²) in [5, 5.41) is 0. The minimum Gasteiger partial charge on any atom is -0.290 e. The molecule has 17 heavy (non-hydrogen) atoms. The molecule has 1 aromatic carbocycles. The maximum atomic E-state index is 4.48. The fourth-order valence-electron chi connectivity index (χ4n) is 1.80. The lowest BCUT2D eigenvalue weighted by atomic mass is 10.1. The van der Waals surface area contributed by atoms with Crippen LogP contribution in [0, 0.1) is 0 Å². The molecule has 0 atom stereocenters. The average molecular weight is 288 g/mol. The minimum atomic E-state index is 0.735. The maximum Gasteiger partial charge on any atom is 0.233 e. The first kappa shape index (κ1) is 10.5. The monoisotopic (exact) mass is 287 g/mol. The average Bonchev–Trinajstić information content (AvgIpc) is 2.71. The van der Waals surface area contributed by atoms with Crippen molar-refractivity contribution in [2.24, 2.45) is 0 Å². The number of nitrogens with zero attached hydrogens (tertiary/aromatic N) is 3. The van der Waals surface area contributed by atoms with Crippen molar-refractivity contribution in [3.63, 3.8) is 0 Å². The van der Waals surface area contributed by atoms with Crippen molar-refractivity contribution >= 4 is 21.7 Å². The van der Waals surface area contributed by atoms with E-state index in [2.05, 4.69) is 38.0 Å². The van der Waals surface area contributed by atoms with E-state index in [1.54, 1.807) is 6.20 Å². The van der Waals surface area contributed by atoms with E-state index >= 15 is 0 Å². The first-order chi connectivity index (χ1) is 8.31. The lowest BCUT2D eigenvalue weighted by Crippen LogP contribution is -1.86. The third kappa shape index (κ3) is 2.22. The highest BCUT2D eigenvalue weighted by atomic mass is 79.9. The van der Waals surface area contributed by atoms with Gasteiger partial charge in [-0.1, -0.05) is 30.3 Å². The van der Waals surface area contributed by atoms with Gasteiger partial charge in [0, 0.05) is 25.0 Å². The van der Waals surface area contributed by atoms with Crippen LogP contribution in [-0.2, 0) is 6.42 Å². The van der Waals surface area contributed by atoms with E-state index in [9.17, 15) is 0 Å². The number of rotatable bonds is 2. The van der Waals surface area contributed by atoms with Gasteiger partial charge in [-0.05, 0) is 21.5 Å². The Bertz CT molecular complexity index is 646. The van der Waals surface area contributed by atoms with E-state index in [4.69, 9.17) is 0 Å². The Morgan fingerprint density at radius 2 is 1.94 bits per heavy atom. The predicted octanol–water partition coefficient (Wildman–Crippen LogP) is 3.08. The van der Waals surface area contributed by atoms with Crippen LogP contribution in [-0.4, -0.2) is 14.4 Å². The van der Waals surface area contributed by atoms with Gasteiger partial charge < -0.3 is 0 Å². The second kappa shape index (κ2) is 4.30. The Hall–Kier alpha value is -1.68. The van der Waals surface area contributed by atoms with Crippen LogP contribution in [0.2, 0.25) is 0 Å². The second-order valence-electron chi connectivity index (χ2n) is 3.87. The molecule has 0 aliphatic heterocycles. The van der Waals surface area contributed by atoms with Gasteiger partial charge in [0.25, 0.3) is 0 Å². The van der Waals surface area contributed by atoms with Crippen molar-refractivity contribution in [2.75, 3.05) is 0 Å². The minimum absolute atomic E-state index is 0.735. The Morgan fingerprint density at radius 3 is 2.76 bits per heavy atom. The predicted molar refractivity (Wildman–Crippen MR) is 69.9 cm³/mol. The highest BCUT2D eigenvalue weighted by molar-refractivity contribution is 9.10. The van der Waals surface area contributed by atoms with E-state index in [0.29, 0.717) is 0 Å². The maximum absolute atomic E-state index is 4.48. The van der Waals surface area contributed by atoms with Crippen molar-refractivity contribution < 1.29 is 0 Å². The fourth-order valence-corrected chi connectivity index (χ4v) is 2.12. The van der Waals surface area contributed by atoms with Crippen LogP contribution in [0.5, 0.6) is 0 Å². The van der Waals surface area contributed by atoms with Crippen LogP contribution >= 0.6 is 15.9 Å². The van der Waals surface area contributed by atoms with Crippen LogP contribution in [0.3, 0.4) is 0 Å². The van der Waals surface area contributed by atoms with Crippen LogP contribution < -0.4 is 0 Å². The Morgan fingerprint density at radius 1 is 1.12 bits per heavy atom. The van der Waals surface area contributed by atoms with Crippen LogP contribution in [0.1, 0.15) is 11.3 Å².